The lowest BCUT2D eigenvalue weighted by Crippen LogP contribution is -2.55. The summed E-state index contributed by atoms with van der Waals surface area (Å²) >= 11 is 5.31. The highest BCUT2D eigenvalue weighted by Gasteiger charge is 2.52. The molecule has 3 rings (SSSR count). The fraction of sp³-hybridized carbons (Fsp3) is 0.714. The van der Waals surface area contributed by atoms with Crippen LogP contribution in [0, 0.1) is 11.8 Å². The van der Waals surface area contributed by atoms with Crippen LogP contribution >= 0.6 is 27.3 Å². The van der Waals surface area contributed by atoms with Gasteiger partial charge in [0.05, 0.1) is 3.79 Å². The van der Waals surface area contributed by atoms with Gasteiger partial charge in [-0.15, -0.1) is 11.3 Å². The van der Waals surface area contributed by atoms with E-state index in [4.69, 9.17) is 5.73 Å². The summed E-state index contributed by atoms with van der Waals surface area (Å²) in [6, 6.07) is 2.23. The van der Waals surface area contributed by atoms with Gasteiger partial charge in [-0.1, -0.05) is 6.42 Å². The number of nitrogens with zero attached hydrogens (tertiary/aromatic N) is 1. The van der Waals surface area contributed by atoms with Crippen LogP contribution in [0.2, 0.25) is 0 Å². The van der Waals surface area contributed by atoms with Crippen molar-refractivity contribution in [1.82, 2.24) is 4.90 Å². The third-order valence-electron chi connectivity index (χ3n) is 5.10. The van der Waals surface area contributed by atoms with Gasteiger partial charge in [0.1, 0.15) is 0 Å². The van der Waals surface area contributed by atoms with E-state index in [1.165, 1.54) is 35.0 Å². The van der Waals surface area contributed by atoms with Crippen molar-refractivity contribution in [2.45, 2.75) is 37.8 Å². The highest BCUT2D eigenvalue weighted by atomic mass is 79.9. The summed E-state index contributed by atoms with van der Waals surface area (Å²) in [5.41, 5.74) is 7.85. The van der Waals surface area contributed by atoms with E-state index in [9.17, 15) is 0 Å². The fourth-order valence-electron chi connectivity index (χ4n) is 4.15. The van der Waals surface area contributed by atoms with Crippen molar-refractivity contribution in [1.29, 1.82) is 0 Å². The summed E-state index contributed by atoms with van der Waals surface area (Å²) < 4.78 is 1.22. The zero-order chi connectivity index (χ0) is 12.8. The van der Waals surface area contributed by atoms with Crippen LogP contribution in [0.15, 0.2) is 15.2 Å². The summed E-state index contributed by atoms with van der Waals surface area (Å²) in [7, 11) is 2.26. The highest BCUT2D eigenvalue weighted by Crippen LogP contribution is 2.53. The zero-order valence-corrected chi connectivity index (χ0v) is 13.3. The monoisotopic (exact) mass is 328 g/mol. The van der Waals surface area contributed by atoms with Crippen molar-refractivity contribution in [2.75, 3.05) is 13.6 Å². The van der Waals surface area contributed by atoms with Crippen molar-refractivity contribution in [3.05, 3.63) is 20.8 Å². The molecule has 2 aliphatic carbocycles. The molecule has 2 bridgehead atoms. The molecule has 0 saturated heterocycles. The topological polar surface area (TPSA) is 29.3 Å². The van der Waals surface area contributed by atoms with Crippen molar-refractivity contribution in [3.8, 4) is 0 Å². The Balaban J connectivity index is 1.76. The molecule has 1 heterocycles. The molecule has 0 aliphatic heterocycles. The molecule has 4 heteroatoms. The van der Waals surface area contributed by atoms with Crippen LogP contribution in [-0.2, 0) is 6.54 Å². The summed E-state index contributed by atoms with van der Waals surface area (Å²) in [6.45, 7) is 1.85. The van der Waals surface area contributed by atoms with E-state index >= 15 is 0 Å². The van der Waals surface area contributed by atoms with Crippen LogP contribution in [0.3, 0.4) is 0 Å². The van der Waals surface area contributed by atoms with Gasteiger partial charge in [-0.05, 0) is 71.1 Å². The molecule has 1 aromatic heterocycles. The zero-order valence-electron chi connectivity index (χ0n) is 10.9. The number of nitrogens with two attached hydrogens (primary N) is 1. The summed E-state index contributed by atoms with van der Waals surface area (Å²) in [5.74, 6) is 1.77. The fourth-order valence-corrected chi connectivity index (χ4v) is 5.35. The predicted molar refractivity (Wildman–Crippen MR) is 80.7 cm³/mol. The molecular weight excluding hydrogens is 308 g/mol. The maximum Gasteiger partial charge on any atom is 0.0701 e. The standard InChI is InChI=1S/C14H21BrN2S/c1-17(7-11-5-13(15)18-8-11)14(9-16)6-10-2-3-12(14)4-10/h5,8,10,12H,2-4,6-7,9,16H2,1H3. The molecule has 0 spiro atoms. The Hall–Kier alpha value is 0.1000. The third-order valence-corrected chi connectivity index (χ3v) is 6.65. The molecule has 0 radical (unpaired) electrons. The molecule has 0 amide bonds. The molecule has 3 unspecified atom stereocenters. The first-order valence-corrected chi connectivity index (χ1v) is 8.45. The Morgan fingerprint density at radius 2 is 2.39 bits per heavy atom. The quantitative estimate of drug-likeness (QED) is 0.917. The third kappa shape index (κ3) is 2.07. The molecule has 2 nitrogen and oxygen atoms in total. The van der Waals surface area contributed by atoms with Gasteiger partial charge in [-0.2, -0.15) is 0 Å². The van der Waals surface area contributed by atoms with Gasteiger partial charge in [0.25, 0.3) is 0 Å². The SMILES string of the molecule is CN(Cc1csc(Br)c1)C1(CN)CC2CCC1C2. The summed E-state index contributed by atoms with van der Waals surface area (Å²) in [6.07, 6.45) is 5.55. The highest BCUT2D eigenvalue weighted by molar-refractivity contribution is 9.11. The Morgan fingerprint density at radius 3 is 2.89 bits per heavy atom. The molecule has 2 N–H and O–H groups in total. The second kappa shape index (κ2) is 4.89. The molecule has 18 heavy (non-hydrogen) atoms. The lowest BCUT2D eigenvalue weighted by Gasteiger charge is -2.44. The number of hydrogen-bond acceptors (Lipinski definition) is 3. The van der Waals surface area contributed by atoms with E-state index < -0.39 is 0 Å². The van der Waals surface area contributed by atoms with Crippen molar-refractivity contribution < 1.29 is 0 Å². The van der Waals surface area contributed by atoms with Crippen molar-refractivity contribution in [2.24, 2.45) is 17.6 Å². The number of thiophene rings is 1. The van der Waals surface area contributed by atoms with Gasteiger partial charge in [0.15, 0.2) is 0 Å². The summed E-state index contributed by atoms with van der Waals surface area (Å²) in [4.78, 5) is 2.53. The van der Waals surface area contributed by atoms with E-state index in [0.717, 1.165) is 24.9 Å². The van der Waals surface area contributed by atoms with Crippen LogP contribution in [0.1, 0.15) is 31.2 Å². The molecule has 3 atom stereocenters. The van der Waals surface area contributed by atoms with Crippen LogP contribution < -0.4 is 5.73 Å². The van der Waals surface area contributed by atoms with Crippen LogP contribution in [0.25, 0.3) is 0 Å². The second-order valence-corrected chi connectivity index (χ2v) is 8.29. The minimum Gasteiger partial charge on any atom is -0.329 e. The van der Waals surface area contributed by atoms with Crippen LogP contribution in [-0.4, -0.2) is 24.0 Å². The largest absolute Gasteiger partial charge is 0.329 e. The Bertz CT molecular complexity index is 433. The second-order valence-electron chi connectivity index (χ2n) is 6.00. The average molecular weight is 329 g/mol. The first kappa shape index (κ1) is 13.1. The number of rotatable bonds is 4. The molecule has 0 aromatic carbocycles. The molecular formula is C14H21BrN2S. The van der Waals surface area contributed by atoms with E-state index in [1.54, 1.807) is 11.3 Å². The molecule has 2 aliphatic rings. The summed E-state index contributed by atoms with van der Waals surface area (Å²) in [5, 5.41) is 2.25. The van der Waals surface area contributed by atoms with E-state index in [1.807, 2.05) is 0 Å². The van der Waals surface area contributed by atoms with E-state index in [0.29, 0.717) is 0 Å². The van der Waals surface area contributed by atoms with Crippen LogP contribution in [0.4, 0.5) is 0 Å². The van der Waals surface area contributed by atoms with E-state index in [-0.39, 0.29) is 5.54 Å². The normalized spacial score (nSPS) is 34.7. The number of hydrogen-bond donors (Lipinski definition) is 1. The average Bonchev–Trinajstić information content (AvgIpc) is 3.04. The van der Waals surface area contributed by atoms with Crippen molar-refractivity contribution >= 4 is 27.3 Å². The molecule has 1 aromatic rings. The molecule has 2 fully saturated rings. The lowest BCUT2D eigenvalue weighted by molar-refractivity contribution is 0.0592. The minimum absolute atomic E-state index is 0.275. The van der Waals surface area contributed by atoms with Gasteiger partial charge in [0.2, 0.25) is 0 Å². The predicted octanol–water partition coefficient (Wildman–Crippen LogP) is 3.46. The Labute approximate surface area is 122 Å². The lowest BCUT2D eigenvalue weighted by atomic mass is 9.79. The first-order valence-electron chi connectivity index (χ1n) is 6.78. The van der Waals surface area contributed by atoms with E-state index in [2.05, 4.69) is 39.3 Å². The van der Waals surface area contributed by atoms with Gasteiger partial charge in [0, 0.05) is 18.6 Å². The first-order chi connectivity index (χ1) is 8.64. The number of halogens is 1. The minimum atomic E-state index is 0.275. The van der Waals surface area contributed by atoms with Gasteiger partial charge in [-0.25, -0.2) is 0 Å². The molecule has 100 valence electrons. The maximum absolute atomic E-state index is 6.17. The van der Waals surface area contributed by atoms with Gasteiger partial charge < -0.3 is 5.73 Å². The maximum atomic E-state index is 6.17. The van der Waals surface area contributed by atoms with Gasteiger partial charge >= 0.3 is 0 Å². The number of likely N-dealkylation sites (N-methyl/N-ethyl adjacent to an activating group) is 1. The smallest absolute Gasteiger partial charge is 0.0701 e. The van der Waals surface area contributed by atoms with Crippen molar-refractivity contribution in [3.63, 3.8) is 0 Å². The van der Waals surface area contributed by atoms with Crippen LogP contribution in [0.5, 0.6) is 0 Å². The molecule has 2 saturated carbocycles. The Morgan fingerprint density at radius 1 is 1.56 bits per heavy atom. The number of fused-ring (bicyclic) bond motifs is 2. The van der Waals surface area contributed by atoms with Gasteiger partial charge in [-0.3, -0.25) is 4.90 Å². The Kier molecular flexibility index (Phi) is 3.56.